The minimum atomic E-state index is -1.47. The van der Waals surface area contributed by atoms with Crippen LogP contribution in [0.2, 0.25) is 0 Å². The van der Waals surface area contributed by atoms with Gasteiger partial charge in [0.25, 0.3) is 5.91 Å². The SMILES string of the molecule is CCCCCCCCCCCCCCCCOC(=O)C1CCN(C(=O)c2cc(F)c(F)c(OC)c2F)CC1. The summed E-state index contributed by atoms with van der Waals surface area (Å²) in [5.41, 5.74) is -0.584. The molecule has 0 radical (unpaired) electrons. The summed E-state index contributed by atoms with van der Waals surface area (Å²) in [5.74, 6) is -6.33. The molecule has 0 N–H and O–H groups in total. The first-order valence-corrected chi connectivity index (χ1v) is 14.6. The van der Waals surface area contributed by atoms with Crippen LogP contribution in [-0.4, -0.2) is 43.6 Å². The average molecular weight is 542 g/mol. The van der Waals surface area contributed by atoms with Gasteiger partial charge in [0.05, 0.1) is 25.2 Å². The van der Waals surface area contributed by atoms with Crippen molar-refractivity contribution < 1.29 is 32.2 Å². The van der Waals surface area contributed by atoms with Crippen molar-refractivity contribution in [2.24, 2.45) is 5.92 Å². The zero-order chi connectivity index (χ0) is 27.8. The molecule has 8 heteroatoms. The molecule has 1 amide bonds. The van der Waals surface area contributed by atoms with Gasteiger partial charge in [0.1, 0.15) is 0 Å². The van der Waals surface area contributed by atoms with E-state index in [4.69, 9.17) is 4.74 Å². The highest BCUT2D eigenvalue weighted by molar-refractivity contribution is 5.95. The molecule has 0 aromatic heterocycles. The van der Waals surface area contributed by atoms with Gasteiger partial charge in [-0.05, 0) is 25.3 Å². The van der Waals surface area contributed by atoms with Gasteiger partial charge in [0.2, 0.25) is 5.82 Å². The topological polar surface area (TPSA) is 55.8 Å². The first-order chi connectivity index (χ1) is 18.4. The lowest BCUT2D eigenvalue weighted by atomic mass is 9.96. The lowest BCUT2D eigenvalue weighted by Crippen LogP contribution is -2.41. The van der Waals surface area contributed by atoms with Gasteiger partial charge in [-0.2, -0.15) is 4.39 Å². The summed E-state index contributed by atoms with van der Waals surface area (Å²) in [6.45, 7) is 3.06. The molecule has 1 aliphatic heterocycles. The molecule has 38 heavy (non-hydrogen) atoms. The summed E-state index contributed by atoms with van der Waals surface area (Å²) >= 11 is 0. The lowest BCUT2D eigenvalue weighted by molar-refractivity contribution is -0.150. The van der Waals surface area contributed by atoms with E-state index in [9.17, 15) is 22.8 Å². The van der Waals surface area contributed by atoms with Gasteiger partial charge >= 0.3 is 5.97 Å². The molecule has 0 unspecified atom stereocenters. The van der Waals surface area contributed by atoms with E-state index in [1.54, 1.807) is 0 Å². The van der Waals surface area contributed by atoms with Crippen LogP contribution in [0.25, 0.3) is 0 Å². The smallest absolute Gasteiger partial charge is 0.309 e. The van der Waals surface area contributed by atoms with Gasteiger partial charge in [-0.15, -0.1) is 0 Å². The molecule has 0 saturated carbocycles. The molecule has 0 atom stereocenters. The number of nitrogens with zero attached hydrogens (tertiary/aromatic N) is 1. The molecule has 1 aromatic carbocycles. The van der Waals surface area contributed by atoms with E-state index < -0.39 is 34.7 Å². The highest BCUT2D eigenvalue weighted by Gasteiger charge is 2.31. The number of ether oxygens (including phenoxy) is 2. The summed E-state index contributed by atoms with van der Waals surface area (Å²) in [4.78, 5) is 26.4. The van der Waals surface area contributed by atoms with Gasteiger partial charge in [-0.1, -0.05) is 90.4 Å². The Hall–Kier alpha value is -2.25. The van der Waals surface area contributed by atoms with E-state index in [0.717, 1.165) is 26.4 Å². The van der Waals surface area contributed by atoms with E-state index in [-0.39, 0.29) is 25.0 Å². The molecule has 1 aliphatic rings. The molecule has 0 aliphatic carbocycles. The van der Waals surface area contributed by atoms with Crippen LogP contribution in [0.5, 0.6) is 5.75 Å². The molecule has 1 aromatic rings. The fourth-order valence-electron chi connectivity index (χ4n) is 4.99. The van der Waals surface area contributed by atoms with Crippen molar-refractivity contribution in [1.29, 1.82) is 0 Å². The van der Waals surface area contributed by atoms with Crippen LogP contribution in [0.3, 0.4) is 0 Å². The van der Waals surface area contributed by atoms with Crippen LogP contribution in [0.15, 0.2) is 6.07 Å². The average Bonchev–Trinajstić information content (AvgIpc) is 2.92. The summed E-state index contributed by atoms with van der Waals surface area (Å²) in [6, 6.07) is 0.548. The zero-order valence-corrected chi connectivity index (χ0v) is 23.3. The monoisotopic (exact) mass is 541 g/mol. The summed E-state index contributed by atoms with van der Waals surface area (Å²) in [5, 5.41) is 0. The Morgan fingerprint density at radius 1 is 0.816 bits per heavy atom. The number of benzene rings is 1. The number of halogens is 3. The summed E-state index contributed by atoms with van der Waals surface area (Å²) < 4.78 is 51.9. The summed E-state index contributed by atoms with van der Waals surface area (Å²) in [6.07, 6.45) is 18.5. The maximum Gasteiger partial charge on any atom is 0.309 e. The van der Waals surface area contributed by atoms with Crippen LogP contribution >= 0.6 is 0 Å². The van der Waals surface area contributed by atoms with Crippen LogP contribution in [0, 0.1) is 23.4 Å². The number of unbranched alkanes of at least 4 members (excludes halogenated alkanes) is 13. The number of methoxy groups -OCH3 is 1. The second kappa shape index (κ2) is 18.1. The van der Waals surface area contributed by atoms with Crippen molar-refractivity contribution >= 4 is 11.9 Å². The van der Waals surface area contributed by atoms with Gasteiger partial charge in [0, 0.05) is 13.1 Å². The molecule has 0 bridgehead atoms. The Kier molecular flexibility index (Phi) is 15.2. The van der Waals surface area contributed by atoms with Gasteiger partial charge in [-0.25, -0.2) is 8.78 Å². The molecule has 1 fully saturated rings. The van der Waals surface area contributed by atoms with Gasteiger partial charge in [0.15, 0.2) is 17.4 Å². The minimum Gasteiger partial charge on any atom is -0.491 e. The van der Waals surface area contributed by atoms with E-state index in [1.165, 1.54) is 75.5 Å². The van der Waals surface area contributed by atoms with Crippen LogP contribution in [0.4, 0.5) is 13.2 Å². The van der Waals surface area contributed by atoms with Crippen molar-refractivity contribution in [3.63, 3.8) is 0 Å². The Balaban J connectivity index is 1.54. The lowest BCUT2D eigenvalue weighted by Gasteiger charge is -2.31. The number of piperidine rings is 1. The molecular formula is C30H46F3NO4. The minimum absolute atomic E-state index is 0.207. The van der Waals surface area contributed by atoms with Crippen molar-refractivity contribution in [2.75, 3.05) is 26.8 Å². The Bertz CT molecular complexity index is 856. The molecular weight excluding hydrogens is 495 g/mol. The molecule has 216 valence electrons. The number of rotatable bonds is 18. The fourth-order valence-corrected chi connectivity index (χ4v) is 4.99. The van der Waals surface area contributed by atoms with Crippen molar-refractivity contribution in [2.45, 2.75) is 110 Å². The molecule has 1 saturated heterocycles. The molecule has 5 nitrogen and oxygen atoms in total. The molecule has 2 rings (SSSR count). The van der Waals surface area contributed by atoms with E-state index in [0.29, 0.717) is 25.5 Å². The number of hydrogen-bond acceptors (Lipinski definition) is 4. The van der Waals surface area contributed by atoms with E-state index in [1.807, 2.05) is 0 Å². The van der Waals surface area contributed by atoms with Crippen molar-refractivity contribution in [3.05, 3.63) is 29.1 Å². The second-order valence-electron chi connectivity index (χ2n) is 10.4. The van der Waals surface area contributed by atoms with Crippen molar-refractivity contribution in [3.8, 4) is 5.75 Å². The maximum absolute atomic E-state index is 14.4. The third kappa shape index (κ3) is 10.5. The number of carbonyl (C=O) groups is 2. The Morgan fingerprint density at radius 3 is 1.82 bits per heavy atom. The zero-order valence-electron chi connectivity index (χ0n) is 23.3. The first-order valence-electron chi connectivity index (χ1n) is 14.6. The number of carbonyl (C=O) groups excluding carboxylic acids is 2. The van der Waals surface area contributed by atoms with E-state index in [2.05, 4.69) is 11.7 Å². The number of esters is 1. The van der Waals surface area contributed by atoms with Gasteiger partial charge < -0.3 is 14.4 Å². The van der Waals surface area contributed by atoms with Gasteiger partial charge in [-0.3, -0.25) is 9.59 Å². The number of likely N-dealkylation sites (tertiary alicyclic amines) is 1. The van der Waals surface area contributed by atoms with Crippen molar-refractivity contribution in [1.82, 2.24) is 4.90 Å². The quantitative estimate of drug-likeness (QED) is 0.107. The Morgan fingerprint density at radius 2 is 1.32 bits per heavy atom. The molecule has 0 spiro atoms. The number of amides is 1. The number of hydrogen-bond donors (Lipinski definition) is 0. The standard InChI is InChI=1S/C30H46F3NO4/c1-3-4-5-6-7-8-9-10-11-12-13-14-15-16-21-38-30(36)23-17-19-34(20-18-23)29(35)24-22-25(31)27(33)28(37-2)26(24)32/h22-23H,3-21H2,1-2H3. The normalized spacial score (nSPS) is 14.1. The largest absolute Gasteiger partial charge is 0.491 e. The highest BCUT2D eigenvalue weighted by atomic mass is 19.2. The highest BCUT2D eigenvalue weighted by Crippen LogP contribution is 2.29. The third-order valence-corrected chi connectivity index (χ3v) is 7.41. The first kappa shape index (κ1) is 32.0. The fraction of sp³-hybridized carbons (Fsp3) is 0.733. The van der Waals surface area contributed by atoms with Crippen LogP contribution in [0.1, 0.15) is 120 Å². The van der Waals surface area contributed by atoms with Crippen LogP contribution < -0.4 is 4.74 Å². The second-order valence-corrected chi connectivity index (χ2v) is 10.4. The predicted octanol–water partition coefficient (Wildman–Crippen LogP) is 7.99. The van der Waals surface area contributed by atoms with E-state index >= 15 is 0 Å². The predicted molar refractivity (Wildman–Crippen MR) is 143 cm³/mol. The third-order valence-electron chi connectivity index (χ3n) is 7.41. The maximum atomic E-state index is 14.4. The molecule has 1 heterocycles. The summed E-state index contributed by atoms with van der Waals surface area (Å²) in [7, 11) is 1.00. The van der Waals surface area contributed by atoms with Crippen LogP contribution in [-0.2, 0) is 9.53 Å². The Labute approximate surface area is 226 Å².